The first-order valence-electron chi connectivity index (χ1n) is 10.7. The molecule has 11 heteroatoms. The molecule has 0 N–H and O–H groups in total. The van der Waals surface area contributed by atoms with E-state index >= 15 is 4.39 Å². The van der Waals surface area contributed by atoms with Crippen LogP contribution in [0.4, 0.5) is 9.18 Å². The molecule has 2 atom stereocenters. The molecular formula is C22H22FN5O5. The lowest BCUT2D eigenvalue weighted by Gasteiger charge is -2.45. The van der Waals surface area contributed by atoms with E-state index in [-0.39, 0.29) is 46.7 Å². The Balaban J connectivity index is 1.31. The summed E-state index contributed by atoms with van der Waals surface area (Å²) < 4.78 is 37.8. The highest BCUT2D eigenvalue weighted by Gasteiger charge is 2.47. The molecule has 2 aliphatic heterocycles. The van der Waals surface area contributed by atoms with Gasteiger partial charge in [0.25, 0.3) is 11.8 Å². The maximum absolute atomic E-state index is 15.1. The van der Waals surface area contributed by atoms with Crippen molar-refractivity contribution >= 4 is 6.09 Å². The van der Waals surface area contributed by atoms with Gasteiger partial charge in [-0.25, -0.2) is 9.78 Å². The molecule has 5 rings (SSSR count). The van der Waals surface area contributed by atoms with E-state index in [1.54, 1.807) is 11.0 Å². The topological polar surface area (TPSA) is 120 Å². The van der Waals surface area contributed by atoms with Crippen LogP contribution in [0.15, 0.2) is 24.7 Å². The number of likely N-dealkylation sites (tertiary alicyclic amines) is 1. The highest BCUT2D eigenvalue weighted by atomic mass is 19.1. The summed E-state index contributed by atoms with van der Waals surface area (Å²) in [6.07, 6.45) is 3.58. The average Bonchev–Trinajstić information content (AvgIpc) is 3.52. The first kappa shape index (κ1) is 21.3. The fraction of sp³-hybridized carbons (Fsp3) is 0.500. The van der Waals surface area contributed by atoms with Gasteiger partial charge >= 0.3 is 6.09 Å². The van der Waals surface area contributed by atoms with Gasteiger partial charge in [0.15, 0.2) is 11.4 Å². The van der Waals surface area contributed by atoms with Gasteiger partial charge in [0, 0.05) is 31.1 Å². The van der Waals surface area contributed by atoms with E-state index in [0.717, 1.165) is 19.2 Å². The molecule has 33 heavy (non-hydrogen) atoms. The summed E-state index contributed by atoms with van der Waals surface area (Å²) in [5.74, 6) is -1.77. The number of nitriles is 1. The highest BCUT2D eigenvalue weighted by Crippen LogP contribution is 2.40. The quantitative estimate of drug-likeness (QED) is 0.670. The number of pyridine rings is 1. The number of carbonyl (C=O) groups is 1. The van der Waals surface area contributed by atoms with Crippen LogP contribution >= 0.6 is 0 Å². The normalized spacial score (nSPS) is 25.0. The summed E-state index contributed by atoms with van der Waals surface area (Å²) in [6.45, 7) is 3.44. The fourth-order valence-corrected chi connectivity index (χ4v) is 4.08. The second-order valence-electron chi connectivity index (χ2n) is 8.72. The standard InChI is InChI=1S/C22H22FN5O5/c1-22(4-5-22)33-21(29)28-8-13-10-30-11-14(9-28)18(13)32-20-17(23)19(26-12-27-20)31-16-3-2-6-25-15(16)7-24/h2-3,6,12-14,18H,4-5,8-11H2,1H3. The van der Waals surface area contributed by atoms with E-state index in [9.17, 15) is 4.79 Å². The third-order valence-electron chi connectivity index (χ3n) is 6.11. The highest BCUT2D eigenvalue weighted by molar-refractivity contribution is 5.68. The van der Waals surface area contributed by atoms with Crippen molar-refractivity contribution < 1.29 is 28.1 Å². The lowest BCUT2D eigenvalue weighted by Crippen LogP contribution is -2.59. The van der Waals surface area contributed by atoms with Crippen molar-refractivity contribution in [3.63, 3.8) is 0 Å². The van der Waals surface area contributed by atoms with Crippen LogP contribution in [0.2, 0.25) is 0 Å². The zero-order chi connectivity index (χ0) is 23.0. The van der Waals surface area contributed by atoms with Gasteiger partial charge in [-0.1, -0.05) is 0 Å². The molecule has 0 spiro atoms. The van der Waals surface area contributed by atoms with Gasteiger partial charge in [-0.15, -0.1) is 0 Å². The van der Waals surface area contributed by atoms with E-state index in [0.29, 0.717) is 26.3 Å². The van der Waals surface area contributed by atoms with Crippen molar-refractivity contribution in [2.45, 2.75) is 31.5 Å². The molecular weight excluding hydrogens is 433 g/mol. The lowest BCUT2D eigenvalue weighted by molar-refractivity contribution is -0.112. The van der Waals surface area contributed by atoms with E-state index in [1.165, 1.54) is 12.3 Å². The van der Waals surface area contributed by atoms with Crippen LogP contribution in [-0.4, -0.2) is 64.0 Å². The van der Waals surface area contributed by atoms with Crippen molar-refractivity contribution in [3.05, 3.63) is 36.2 Å². The Morgan fingerprint density at radius 3 is 2.67 bits per heavy atom. The van der Waals surface area contributed by atoms with Crippen LogP contribution in [0.3, 0.4) is 0 Å². The summed E-state index contributed by atoms with van der Waals surface area (Å²) in [5.41, 5.74) is -0.347. The Morgan fingerprint density at radius 1 is 1.24 bits per heavy atom. The summed E-state index contributed by atoms with van der Waals surface area (Å²) in [6, 6.07) is 4.94. The molecule has 2 unspecified atom stereocenters. The van der Waals surface area contributed by atoms with Gasteiger partial charge in [0.1, 0.15) is 24.1 Å². The van der Waals surface area contributed by atoms with E-state index in [1.807, 2.05) is 13.0 Å². The maximum Gasteiger partial charge on any atom is 0.410 e. The molecule has 0 radical (unpaired) electrons. The molecule has 2 bridgehead atoms. The molecule has 10 nitrogen and oxygen atoms in total. The van der Waals surface area contributed by atoms with Crippen molar-refractivity contribution in [1.29, 1.82) is 5.26 Å². The third-order valence-corrected chi connectivity index (χ3v) is 6.11. The predicted molar refractivity (Wildman–Crippen MR) is 109 cm³/mol. The van der Waals surface area contributed by atoms with E-state index in [2.05, 4.69) is 15.0 Å². The molecule has 3 fully saturated rings. The minimum absolute atomic E-state index is 0.00368. The molecule has 2 aromatic heterocycles. The minimum Gasteiger partial charge on any atom is -0.471 e. The average molecular weight is 455 g/mol. The second kappa shape index (κ2) is 8.44. The Morgan fingerprint density at radius 2 is 1.97 bits per heavy atom. The van der Waals surface area contributed by atoms with Crippen LogP contribution in [0, 0.1) is 29.0 Å². The first-order chi connectivity index (χ1) is 16.0. The number of rotatable bonds is 5. The van der Waals surface area contributed by atoms with Crippen molar-refractivity contribution in [3.8, 4) is 23.6 Å². The van der Waals surface area contributed by atoms with Gasteiger partial charge in [0.2, 0.25) is 5.82 Å². The summed E-state index contributed by atoms with van der Waals surface area (Å²) in [5, 5.41) is 9.16. The molecule has 0 aromatic carbocycles. The first-order valence-corrected chi connectivity index (χ1v) is 10.7. The number of ether oxygens (including phenoxy) is 4. The maximum atomic E-state index is 15.1. The van der Waals surface area contributed by atoms with Gasteiger partial charge in [-0.2, -0.15) is 19.6 Å². The van der Waals surface area contributed by atoms with Crippen LogP contribution in [0.1, 0.15) is 25.5 Å². The zero-order valence-corrected chi connectivity index (χ0v) is 17.9. The van der Waals surface area contributed by atoms with Crippen LogP contribution in [-0.2, 0) is 9.47 Å². The molecule has 172 valence electrons. The summed E-state index contributed by atoms with van der Waals surface area (Å²) >= 11 is 0. The van der Waals surface area contributed by atoms with Crippen LogP contribution in [0.5, 0.6) is 17.5 Å². The second-order valence-corrected chi connectivity index (χ2v) is 8.72. The van der Waals surface area contributed by atoms with Gasteiger partial charge in [-0.3, -0.25) is 0 Å². The molecule has 1 aliphatic carbocycles. The Bertz CT molecular complexity index is 1090. The number of fused-ring (bicyclic) bond motifs is 2. The zero-order valence-electron chi connectivity index (χ0n) is 17.9. The largest absolute Gasteiger partial charge is 0.471 e. The van der Waals surface area contributed by atoms with Crippen LogP contribution in [0.25, 0.3) is 0 Å². The third kappa shape index (κ3) is 4.39. The van der Waals surface area contributed by atoms with E-state index in [4.69, 9.17) is 24.2 Å². The summed E-state index contributed by atoms with van der Waals surface area (Å²) in [4.78, 5) is 25.9. The molecule has 4 heterocycles. The van der Waals surface area contributed by atoms with Gasteiger partial charge < -0.3 is 23.8 Å². The molecule has 2 saturated heterocycles. The van der Waals surface area contributed by atoms with Crippen molar-refractivity contribution in [1.82, 2.24) is 19.9 Å². The smallest absolute Gasteiger partial charge is 0.410 e. The molecule has 1 saturated carbocycles. The number of hydrogen-bond acceptors (Lipinski definition) is 9. The van der Waals surface area contributed by atoms with E-state index < -0.39 is 11.9 Å². The molecule has 3 aliphatic rings. The number of aromatic nitrogens is 3. The monoisotopic (exact) mass is 455 g/mol. The number of amides is 1. The fourth-order valence-electron chi connectivity index (χ4n) is 4.08. The lowest BCUT2D eigenvalue weighted by atomic mass is 9.84. The van der Waals surface area contributed by atoms with Crippen molar-refractivity contribution in [2.24, 2.45) is 11.8 Å². The number of halogens is 1. The summed E-state index contributed by atoms with van der Waals surface area (Å²) in [7, 11) is 0. The minimum atomic E-state index is -0.882. The predicted octanol–water partition coefficient (Wildman–Crippen LogP) is 2.69. The number of nitrogens with zero attached hydrogens (tertiary/aromatic N) is 5. The number of carbonyl (C=O) groups excluding carboxylic acids is 1. The number of hydrogen-bond donors (Lipinski definition) is 0. The Labute approximate surface area is 189 Å². The SMILES string of the molecule is CC1(OC(=O)N2CC3COCC(C2)C3Oc2ncnc(Oc3cccnc3C#N)c2F)CC1. The Kier molecular flexibility index (Phi) is 5.46. The molecule has 1 amide bonds. The van der Waals surface area contributed by atoms with Gasteiger partial charge in [-0.05, 0) is 31.9 Å². The van der Waals surface area contributed by atoms with Crippen molar-refractivity contribution in [2.75, 3.05) is 26.3 Å². The van der Waals surface area contributed by atoms with Crippen LogP contribution < -0.4 is 9.47 Å². The number of piperidine rings is 1. The molecule has 2 aromatic rings. The van der Waals surface area contributed by atoms with Gasteiger partial charge in [0.05, 0.1) is 13.2 Å². The Hall–Kier alpha value is -3.52.